The van der Waals surface area contributed by atoms with Gasteiger partial charge in [-0.05, 0) is 110 Å². The van der Waals surface area contributed by atoms with Crippen LogP contribution in [0.3, 0.4) is 0 Å². The number of aryl methyl sites for hydroxylation is 1. The fourth-order valence-corrected chi connectivity index (χ4v) is 8.19. The molecular formula is C50H69N6+. The minimum absolute atomic E-state index is 0.402. The first-order valence-corrected chi connectivity index (χ1v) is 21.2. The number of allylic oxidation sites excluding steroid dienone is 5. The van der Waals surface area contributed by atoms with Gasteiger partial charge in [0.25, 0.3) is 0 Å². The average molecular weight is 754 g/mol. The van der Waals surface area contributed by atoms with Crippen LogP contribution in [0.25, 0.3) is 22.9 Å². The second-order valence-corrected chi connectivity index (χ2v) is 15.8. The van der Waals surface area contributed by atoms with Gasteiger partial charge in [0.05, 0.1) is 0 Å². The van der Waals surface area contributed by atoms with Crippen LogP contribution in [-0.4, -0.2) is 92.3 Å². The number of anilines is 1. The van der Waals surface area contributed by atoms with Gasteiger partial charge in [-0.1, -0.05) is 88.1 Å². The Hall–Kier alpha value is -4.68. The number of hydrogen-bond donors (Lipinski definition) is 1. The van der Waals surface area contributed by atoms with Crippen molar-refractivity contribution < 1.29 is 4.58 Å². The van der Waals surface area contributed by atoms with E-state index >= 15 is 0 Å². The van der Waals surface area contributed by atoms with Crippen LogP contribution in [0, 0.1) is 12.8 Å². The predicted octanol–water partition coefficient (Wildman–Crippen LogP) is 10.3. The number of hydrogen-bond acceptors (Lipinski definition) is 5. The number of benzene rings is 2. The van der Waals surface area contributed by atoms with Crippen LogP contribution in [0.4, 0.5) is 5.69 Å². The Morgan fingerprint density at radius 1 is 1.05 bits per heavy atom. The molecule has 3 heterocycles. The van der Waals surface area contributed by atoms with E-state index in [0.29, 0.717) is 12.0 Å². The first kappa shape index (κ1) is 42.5. The van der Waals surface area contributed by atoms with Crippen molar-refractivity contribution in [2.75, 3.05) is 64.3 Å². The second-order valence-electron chi connectivity index (χ2n) is 15.8. The zero-order chi connectivity index (χ0) is 39.9. The van der Waals surface area contributed by atoms with Crippen molar-refractivity contribution >= 4 is 41.0 Å². The summed E-state index contributed by atoms with van der Waals surface area (Å²) in [4.78, 5) is 12.1. The van der Waals surface area contributed by atoms with E-state index in [9.17, 15) is 0 Å². The van der Waals surface area contributed by atoms with E-state index in [1.807, 2.05) is 12.2 Å². The molecule has 0 radical (unpaired) electrons. The third-order valence-electron chi connectivity index (χ3n) is 12.0. The lowest BCUT2D eigenvalue weighted by atomic mass is 9.90. The van der Waals surface area contributed by atoms with Crippen molar-refractivity contribution in [3.05, 3.63) is 126 Å². The summed E-state index contributed by atoms with van der Waals surface area (Å²) < 4.78 is 2.26. The molecule has 2 atom stereocenters. The van der Waals surface area contributed by atoms with Crippen molar-refractivity contribution in [1.29, 1.82) is 0 Å². The number of dihydropyridines is 1. The van der Waals surface area contributed by atoms with Gasteiger partial charge in [-0.25, -0.2) is 4.58 Å². The van der Waals surface area contributed by atoms with Crippen LogP contribution in [0.1, 0.15) is 93.5 Å². The molecule has 2 aromatic rings. The molecule has 0 amide bonds. The lowest BCUT2D eigenvalue weighted by Crippen LogP contribution is -2.48. The van der Waals surface area contributed by atoms with Gasteiger partial charge in [0.2, 0.25) is 0 Å². The predicted molar refractivity (Wildman–Crippen MR) is 246 cm³/mol. The Bertz CT molecular complexity index is 1850. The summed E-state index contributed by atoms with van der Waals surface area (Å²) in [7, 11) is 2.17. The second kappa shape index (κ2) is 21.6. The third kappa shape index (κ3) is 11.4. The van der Waals surface area contributed by atoms with E-state index in [1.165, 1.54) is 64.9 Å². The molecular weight excluding hydrogens is 685 g/mol. The maximum Gasteiger partial charge on any atom is 0.172 e. The molecule has 6 heteroatoms. The fraction of sp³-hybridized carbons (Fsp3) is 0.440. The van der Waals surface area contributed by atoms with Gasteiger partial charge in [-0.2, -0.15) is 0 Å². The van der Waals surface area contributed by atoms with Crippen LogP contribution < -0.4 is 10.2 Å². The Labute approximate surface area is 339 Å². The monoisotopic (exact) mass is 754 g/mol. The third-order valence-corrected chi connectivity index (χ3v) is 12.0. The number of aliphatic imine (C=N–C) groups is 1. The SMILES string of the molecule is C=C/C(=C\C=C\NCCC(CCC)CN1CCN(c2ccc(C(=C)N(C)C(C)CCC=[N+]3C=CC3)c(C=C)c2)CC1)c1ccc(C2=C(CC)CCN=C2)c(C)c1. The maximum atomic E-state index is 4.57. The van der Waals surface area contributed by atoms with E-state index in [2.05, 4.69) is 164 Å². The molecule has 3 aliphatic heterocycles. The summed E-state index contributed by atoms with van der Waals surface area (Å²) in [5.41, 5.74) is 12.4. The molecule has 0 aromatic heterocycles. The molecule has 1 N–H and O–H groups in total. The Morgan fingerprint density at radius 2 is 1.86 bits per heavy atom. The van der Waals surface area contributed by atoms with Gasteiger partial charge in [-0.3, -0.25) is 9.89 Å². The summed E-state index contributed by atoms with van der Waals surface area (Å²) in [6, 6.07) is 14.0. The number of nitrogens with zero attached hydrogens (tertiary/aromatic N) is 5. The lowest BCUT2D eigenvalue weighted by molar-refractivity contribution is -0.466. The van der Waals surface area contributed by atoms with Crippen LogP contribution >= 0.6 is 0 Å². The van der Waals surface area contributed by atoms with Gasteiger partial charge < -0.3 is 15.1 Å². The fourth-order valence-electron chi connectivity index (χ4n) is 8.19. The van der Waals surface area contributed by atoms with Crippen molar-refractivity contribution in [2.24, 2.45) is 10.9 Å². The van der Waals surface area contributed by atoms with Crippen molar-refractivity contribution in [3.63, 3.8) is 0 Å². The van der Waals surface area contributed by atoms with Crippen LogP contribution in [-0.2, 0) is 0 Å². The molecule has 1 fully saturated rings. The molecule has 1 saturated heterocycles. The molecule has 0 aliphatic carbocycles. The molecule has 5 rings (SSSR count). The number of piperazine rings is 1. The molecule has 3 aliphatic rings. The molecule has 6 nitrogen and oxygen atoms in total. The quantitative estimate of drug-likeness (QED) is 0.0783. The zero-order valence-electron chi connectivity index (χ0n) is 35.3. The average Bonchev–Trinajstić information content (AvgIpc) is 3.20. The summed E-state index contributed by atoms with van der Waals surface area (Å²) in [6.07, 6.45) is 27.0. The molecule has 56 heavy (non-hydrogen) atoms. The summed E-state index contributed by atoms with van der Waals surface area (Å²) in [6.45, 7) is 30.2. The highest BCUT2D eigenvalue weighted by Crippen LogP contribution is 2.31. The summed E-state index contributed by atoms with van der Waals surface area (Å²) >= 11 is 0. The van der Waals surface area contributed by atoms with Gasteiger partial charge in [0, 0.05) is 94.6 Å². The van der Waals surface area contributed by atoms with E-state index in [4.69, 9.17) is 0 Å². The first-order valence-electron chi connectivity index (χ1n) is 21.2. The normalized spacial score (nSPS) is 18.0. The largest absolute Gasteiger partial charge is 0.391 e. The van der Waals surface area contributed by atoms with Gasteiger partial charge in [0.1, 0.15) is 6.21 Å². The zero-order valence-corrected chi connectivity index (χ0v) is 35.3. The van der Waals surface area contributed by atoms with Gasteiger partial charge >= 0.3 is 0 Å². The molecule has 0 spiro atoms. The summed E-state index contributed by atoms with van der Waals surface area (Å²) in [5.74, 6) is 0.688. The van der Waals surface area contributed by atoms with E-state index < -0.39 is 0 Å². The van der Waals surface area contributed by atoms with Crippen molar-refractivity contribution in [3.8, 4) is 0 Å². The van der Waals surface area contributed by atoms with E-state index in [1.54, 1.807) is 0 Å². The molecule has 2 unspecified atom stereocenters. The molecule has 2 aromatic carbocycles. The van der Waals surface area contributed by atoms with E-state index in [-0.39, 0.29) is 0 Å². The van der Waals surface area contributed by atoms with Crippen molar-refractivity contribution in [1.82, 2.24) is 15.1 Å². The highest BCUT2D eigenvalue weighted by molar-refractivity contribution is 6.12. The Kier molecular flexibility index (Phi) is 16.4. The lowest BCUT2D eigenvalue weighted by Gasteiger charge is -2.38. The maximum absolute atomic E-state index is 4.57. The summed E-state index contributed by atoms with van der Waals surface area (Å²) in [5, 5.41) is 3.57. The Balaban J connectivity index is 1.07. The standard InChI is InChI=1S/C50H69N6/c1-9-16-42(23-26-51-25-13-18-43(10-2)46-19-21-48(39(5)35-46)50-37-52-27-24-44(50)11-3)38-55-31-33-56(34-32-55)47-20-22-49(45(12-4)36-47)41(7)53(8)40(6)17-14-28-54-29-15-30-54/h10,12-13,15,18-22,25,28-29,35-37,40,42,51H,2,4,7,9,11,14,16-17,23-24,26-27,30-34,38H2,1,3,5-6,8H3/q+1/b25-13+,43-18+,54-28?. The molecule has 0 bridgehead atoms. The highest BCUT2D eigenvalue weighted by Gasteiger charge is 2.22. The van der Waals surface area contributed by atoms with E-state index in [0.717, 1.165) is 88.3 Å². The Morgan fingerprint density at radius 3 is 2.54 bits per heavy atom. The minimum atomic E-state index is 0.402. The molecule has 298 valence electrons. The topological polar surface area (TPSA) is 37.1 Å². The number of nitrogens with one attached hydrogen (secondary N) is 1. The smallest absolute Gasteiger partial charge is 0.172 e. The van der Waals surface area contributed by atoms with Crippen LogP contribution in [0.2, 0.25) is 0 Å². The first-order chi connectivity index (χ1) is 27.3. The highest BCUT2D eigenvalue weighted by atomic mass is 15.3. The van der Waals surface area contributed by atoms with Gasteiger partial charge in [0.15, 0.2) is 12.7 Å². The van der Waals surface area contributed by atoms with Crippen LogP contribution in [0.15, 0.2) is 103 Å². The number of rotatable bonds is 21. The van der Waals surface area contributed by atoms with Gasteiger partial charge in [-0.15, -0.1) is 0 Å². The minimum Gasteiger partial charge on any atom is -0.391 e. The molecule has 0 saturated carbocycles. The van der Waals surface area contributed by atoms with Crippen LogP contribution in [0.5, 0.6) is 0 Å². The van der Waals surface area contributed by atoms with Crippen molar-refractivity contribution in [2.45, 2.75) is 78.7 Å².